The first kappa shape index (κ1) is 23.2. The molecule has 0 aliphatic carbocycles. The molecule has 0 aliphatic heterocycles. The van der Waals surface area contributed by atoms with Gasteiger partial charge in [-0.25, -0.2) is 0 Å². The summed E-state index contributed by atoms with van der Waals surface area (Å²) in [6, 6.07) is 32.5. The molecule has 1 nitrogen and oxygen atoms in total. The van der Waals surface area contributed by atoms with E-state index < -0.39 is 8.32 Å². The summed E-state index contributed by atoms with van der Waals surface area (Å²) in [6.07, 6.45) is 3.42. The van der Waals surface area contributed by atoms with Crippen molar-refractivity contribution < 1.29 is 4.43 Å². The van der Waals surface area contributed by atoms with E-state index in [1.165, 1.54) is 21.5 Å². The lowest BCUT2D eigenvalue weighted by Crippen LogP contribution is -2.66. The number of benzene rings is 3. The summed E-state index contributed by atoms with van der Waals surface area (Å²) < 4.78 is 7.10. The molecule has 31 heavy (non-hydrogen) atoms. The van der Waals surface area contributed by atoms with Crippen LogP contribution in [0.15, 0.2) is 97.1 Å². The average Bonchev–Trinajstić information content (AvgIpc) is 2.79. The van der Waals surface area contributed by atoms with Crippen molar-refractivity contribution >= 4 is 24.3 Å². The molecule has 2 heteroatoms. The van der Waals surface area contributed by atoms with Crippen LogP contribution in [0.2, 0.25) is 5.04 Å². The molecule has 0 fully saturated rings. The van der Waals surface area contributed by atoms with Crippen LogP contribution in [0.4, 0.5) is 0 Å². The third kappa shape index (κ3) is 5.26. The first-order valence-corrected chi connectivity index (χ1v) is 13.3. The molecule has 0 saturated heterocycles. The van der Waals surface area contributed by atoms with Gasteiger partial charge in [-0.3, -0.25) is 0 Å². The van der Waals surface area contributed by atoms with Gasteiger partial charge in [-0.2, -0.15) is 0 Å². The molecule has 3 aromatic rings. The largest absolute Gasteiger partial charge is 0.407 e. The Kier molecular flexibility index (Phi) is 7.69. The molecule has 0 N–H and O–H groups in total. The molecule has 0 bridgehead atoms. The summed E-state index contributed by atoms with van der Waals surface area (Å²) in [6.45, 7) is 12.2. The van der Waals surface area contributed by atoms with Crippen LogP contribution in [0.1, 0.15) is 46.6 Å². The first-order chi connectivity index (χ1) is 14.9. The van der Waals surface area contributed by atoms with Crippen LogP contribution in [0.3, 0.4) is 0 Å². The monoisotopic (exact) mass is 428 g/mol. The van der Waals surface area contributed by atoms with Crippen molar-refractivity contribution in [1.29, 1.82) is 0 Å². The van der Waals surface area contributed by atoms with E-state index in [-0.39, 0.29) is 5.04 Å². The van der Waals surface area contributed by atoms with Crippen molar-refractivity contribution in [3.05, 3.63) is 103 Å². The molecule has 0 amide bonds. The highest BCUT2D eigenvalue weighted by Crippen LogP contribution is 2.37. The Bertz CT molecular complexity index is 916. The van der Waals surface area contributed by atoms with E-state index in [1.54, 1.807) is 0 Å². The third-order valence-corrected chi connectivity index (χ3v) is 11.0. The van der Waals surface area contributed by atoms with Crippen molar-refractivity contribution in [2.24, 2.45) is 5.92 Å². The standard InChI is InChI=1S/C29H36OSi/c1-6-25(26-16-10-7-11-17-26)22-24(2)23-30-31(29(3,4)5,27-18-12-8-13-19-27)28-20-14-9-15-21-28/h7-22,24H,6,23H2,1-5H3/b25-22-/t24-/m0/s1. The fourth-order valence-corrected chi connectivity index (χ4v) is 9.15. The minimum Gasteiger partial charge on any atom is -0.407 e. The molecule has 162 valence electrons. The molecular formula is C29H36OSi. The highest BCUT2D eigenvalue weighted by Gasteiger charge is 2.50. The molecule has 1 atom stereocenters. The summed E-state index contributed by atoms with van der Waals surface area (Å²) in [5.41, 5.74) is 2.70. The van der Waals surface area contributed by atoms with Crippen LogP contribution >= 0.6 is 0 Å². The van der Waals surface area contributed by atoms with Crippen LogP contribution < -0.4 is 10.4 Å². The molecule has 0 unspecified atom stereocenters. The van der Waals surface area contributed by atoms with Crippen LogP contribution in [0.5, 0.6) is 0 Å². The lowest BCUT2D eigenvalue weighted by atomic mass is 9.99. The maximum absolute atomic E-state index is 7.10. The number of allylic oxidation sites excluding steroid dienone is 1. The van der Waals surface area contributed by atoms with Crippen LogP contribution in [-0.2, 0) is 4.43 Å². The van der Waals surface area contributed by atoms with Gasteiger partial charge in [-0.15, -0.1) is 0 Å². The normalized spacial score (nSPS) is 13.8. The summed E-state index contributed by atoms with van der Waals surface area (Å²) >= 11 is 0. The van der Waals surface area contributed by atoms with E-state index >= 15 is 0 Å². The summed E-state index contributed by atoms with van der Waals surface area (Å²) in [7, 11) is -2.48. The quantitative estimate of drug-likeness (QED) is 0.363. The molecule has 0 aliphatic rings. The topological polar surface area (TPSA) is 9.23 Å². The molecule has 0 saturated carbocycles. The van der Waals surface area contributed by atoms with E-state index in [2.05, 4.69) is 132 Å². The summed E-state index contributed by atoms with van der Waals surface area (Å²) in [5.74, 6) is 0.330. The minimum atomic E-state index is -2.48. The second-order valence-corrected chi connectivity index (χ2v) is 13.7. The lowest BCUT2D eigenvalue weighted by Gasteiger charge is -2.43. The molecule has 0 spiro atoms. The smallest absolute Gasteiger partial charge is 0.261 e. The minimum absolute atomic E-state index is 0.00611. The van der Waals surface area contributed by atoms with Gasteiger partial charge in [0.15, 0.2) is 0 Å². The van der Waals surface area contributed by atoms with Gasteiger partial charge in [0.05, 0.1) is 0 Å². The van der Waals surface area contributed by atoms with E-state index in [0.717, 1.165) is 6.42 Å². The van der Waals surface area contributed by atoms with Gasteiger partial charge in [0.25, 0.3) is 8.32 Å². The Balaban J connectivity index is 1.97. The van der Waals surface area contributed by atoms with Gasteiger partial charge in [0.1, 0.15) is 0 Å². The zero-order chi connectivity index (χ0) is 22.3. The Morgan fingerprint density at radius 1 is 0.806 bits per heavy atom. The van der Waals surface area contributed by atoms with E-state index in [4.69, 9.17) is 4.43 Å². The van der Waals surface area contributed by atoms with Crippen molar-refractivity contribution in [3.8, 4) is 0 Å². The Morgan fingerprint density at radius 3 is 1.68 bits per heavy atom. The zero-order valence-corrected chi connectivity index (χ0v) is 20.6. The Hall–Kier alpha value is -2.42. The van der Waals surface area contributed by atoms with E-state index in [9.17, 15) is 0 Å². The number of rotatable bonds is 8. The predicted molar refractivity (Wildman–Crippen MR) is 137 cm³/mol. The highest BCUT2D eigenvalue weighted by atomic mass is 28.4. The summed E-state index contributed by atoms with van der Waals surface area (Å²) in [5, 5.41) is 2.68. The summed E-state index contributed by atoms with van der Waals surface area (Å²) in [4.78, 5) is 0. The Morgan fingerprint density at radius 2 is 1.26 bits per heavy atom. The fraction of sp³-hybridized carbons (Fsp3) is 0.310. The lowest BCUT2D eigenvalue weighted by molar-refractivity contribution is 0.268. The SMILES string of the molecule is CC/C(=C/[C@H](C)CO[Si](c1ccccc1)(c1ccccc1)C(C)(C)C)c1ccccc1. The van der Waals surface area contributed by atoms with Crippen LogP contribution in [-0.4, -0.2) is 14.9 Å². The van der Waals surface area contributed by atoms with Crippen LogP contribution in [0.25, 0.3) is 5.57 Å². The van der Waals surface area contributed by atoms with Gasteiger partial charge in [0, 0.05) is 6.61 Å². The third-order valence-electron chi connectivity index (χ3n) is 5.99. The fourth-order valence-electron chi connectivity index (χ4n) is 4.48. The predicted octanol–water partition coefficient (Wildman–Crippen LogP) is 6.69. The average molecular weight is 429 g/mol. The van der Waals surface area contributed by atoms with E-state index in [1.807, 2.05) is 0 Å². The van der Waals surface area contributed by atoms with Crippen molar-refractivity contribution in [2.45, 2.75) is 46.1 Å². The maximum Gasteiger partial charge on any atom is 0.261 e. The number of hydrogen-bond acceptors (Lipinski definition) is 1. The Labute approximate surface area is 189 Å². The molecule has 3 rings (SSSR count). The van der Waals surface area contributed by atoms with Crippen LogP contribution in [0, 0.1) is 5.92 Å². The van der Waals surface area contributed by atoms with E-state index in [0.29, 0.717) is 12.5 Å². The molecule has 3 aromatic carbocycles. The highest BCUT2D eigenvalue weighted by molar-refractivity contribution is 6.99. The molecule has 0 heterocycles. The van der Waals surface area contributed by atoms with Gasteiger partial charge >= 0.3 is 0 Å². The molecule has 0 aromatic heterocycles. The molecular weight excluding hydrogens is 392 g/mol. The van der Waals surface area contributed by atoms with Gasteiger partial charge in [-0.05, 0) is 38.9 Å². The van der Waals surface area contributed by atoms with Gasteiger partial charge in [-0.1, -0.05) is 132 Å². The van der Waals surface area contributed by atoms with Gasteiger partial charge < -0.3 is 4.43 Å². The maximum atomic E-state index is 7.10. The second kappa shape index (κ2) is 10.3. The zero-order valence-electron chi connectivity index (χ0n) is 19.6. The van der Waals surface area contributed by atoms with Crippen molar-refractivity contribution in [1.82, 2.24) is 0 Å². The second-order valence-electron chi connectivity index (χ2n) is 9.36. The van der Waals surface area contributed by atoms with Gasteiger partial charge in [0.2, 0.25) is 0 Å². The van der Waals surface area contributed by atoms with Crippen molar-refractivity contribution in [2.75, 3.05) is 6.61 Å². The first-order valence-electron chi connectivity index (χ1n) is 11.4. The molecule has 0 radical (unpaired) electrons. The van der Waals surface area contributed by atoms with Crippen molar-refractivity contribution in [3.63, 3.8) is 0 Å². The number of hydrogen-bond donors (Lipinski definition) is 0.